The molecule has 0 unspecified atom stereocenters. The van der Waals surface area contributed by atoms with Gasteiger partial charge in [0.05, 0.1) is 0 Å². The topological polar surface area (TPSA) is 122 Å². The van der Waals surface area contributed by atoms with Gasteiger partial charge in [-0.05, 0) is 29.9 Å². The zero-order valence-electron chi connectivity index (χ0n) is 18.2. The van der Waals surface area contributed by atoms with E-state index in [1.54, 1.807) is 0 Å². The third kappa shape index (κ3) is 7.45. The summed E-state index contributed by atoms with van der Waals surface area (Å²) < 4.78 is 5.24. The maximum absolute atomic E-state index is 13.1. The predicted molar refractivity (Wildman–Crippen MR) is 120 cm³/mol. The van der Waals surface area contributed by atoms with Crippen LogP contribution >= 0.6 is 0 Å². The van der Waals surface area contributed by atoms with Crippen LogP contribution in [0.3, 0.4) is 0 Å². The van der Waals surface area contributed by atoms with E-state index in [2.05, 4.69) is 10.6 Å². The van der Waals surface area contributed by atoms with Crippen molar-refractivity contribution in [3.8, 4) is 0 Å². The summed E-state index contributed by atoms with van der Waals surface area (Å²) in [6, 6.07) is 15.9. The molecule has 3 N–H and O–H groups in total. The van der Waals surface area contributed by atoms with E-state index in [0.29, 0.717) is 19.3 Å². The van der Waals surface area contributed by atoms with Crippen molar-refractivity contribution in [1.82, 2.24) is 10.6 Å². The van der Waals surface area contributed by atoms with Crippen molar-refractivity contribution in [3.63, 3.8) is 0 Å². The highest BCUT2D eigenvalue weighted by molar-refractivity contribution is 5.90. The summed E-state index contributed by atoms with van der Waals surface area (Å²) in [5.41, 5.74) is 1.59. The molecule has 0 bridgehead atoms. The number of rotatable bonds is 9. The van der Waals surface area contributed by atoms with Gasteiger partial charge in [-0.1, -0.05) is 60.7 Å². The van der Waals surface area contributed by atoms with Crippen molar-refractivity contribution < 1.29 is 29.0 Å². The average Bonchev–Trinajstić information content (AvgIpc) is 2.82. The van der Waals surface area contributed by atoms with Gasteiger partial charge >= 0.3 is 12.1 Å². The van der Waals surface area contributed by atoms with Crippen LogP contribution in [0.4, 0.5) is 4.79 Å². The second-order valence-electron chi connectivity index (χ2n) is 8.17. The SMILES string of the molecule is O=C1CCC[C@@H]([C@H](NC(=O)[C@@H](Cc2ccccc2)NC(=O)OCc2ccccc2)C(=O)O)C1. The molecule has 0 heterocycles. The number of aliphatic carboxylic acids is 1. The first-order valence-electron chi connectivity index (χ1n) is 11.0. The van der Waals surface area contributed by atoms with Crippen LogP contribution in [0.25, 0.3) is 0 Å². The summed E-state index contributed by atoms with van der Waals surface area (Å²) in [6.45, 7) is 0.0360. The predicted octanol–water partition coefficient (Wildman–Crippen LogP) is 2.85. The number of alkyl carbamates (subject to hydrolysis) is 1. The molecule has 2 aromatic carbocycles. The number of carboxylic acid groups (broad SMARTS) is 1. The van der Waals surface area contributed by atoms with Gasteiger partial charge in [0, 0.05) is 19.3 Å². The molecule has 2 amide bonds. The standard InChI is InChI=1S/C25H28N2O6/c28-20-13-7-12-19(15-20)22(24(30)31)27-23(29)21(14-17-8-3-1-4-9-17)26-25(32)33-16-18-10-5-2-6-11-18/h1-6,8-11,19,21-22H,7,12-16H2,(H,26,32)(H,27,29)(H,30,31)/t19-,21-,22+/m1/s1. The molecule has 8 nitrogen and oxygen atoms in total. The van der Waals surface area contributed by atoms with E-state index in [9.17, 15) is 24.3 Å². The number of amides is 2. The molecule has 0 saturated heterocycles. The van der Waals surface area contributed by atoms with Crippen molar-refractivity contribution in [2.24, 2.45) is 5.92 Å². The first-order chi connectivity index (χ1) is 15.9. The normalized spacial score (nSPS) is 17.5. The molecule has 8 heteroatoms. The highest BCUT2D eigenvalue weighted by atomic mass is 16.5. The Morgan fingerprint density at radius 3 is 2.21 bits per heavy atom. The molecule has 0 radical (unpaired) electrons. The van der Waals surface area contributed by atoms with E-state index in [-0.39, 0.29) is 25.2 Å². The minimum atomic E-state index is -1.21. The average molecular weight is 453 g/mol. The minimum Gasteiger partial charge on any atom is -0.480 e. The molecule has 33 heavy (non-hydrogen) atoms. The van der Waals surface area contributed by atoms with Crippen LogP contribution in [0.5, 0.6) is 0 Å². The zero-order valence-corrected chi connectivity index (χ0v) is 18.2. The molecule has 3 rings (SSSR count). The van der Waals surface area contributed by atoms with Crippen LogP contribution in [0.15, 0.2) is 60.7 Å². The third-order valence-corrected chi connectivity index (χ3v) is 5.66. The summed E-state index contributed by atoms with van der Waals surface area (Å²) in [7, 11) is 0. The molecular weight excluding hydrogens is 424 g/mol. The molecular formula is C25H28N2O6. The lowest BCUT2D eigenvalue weighted by Crippen LogP contribution is -2.55. The third-order valence-electron chi connectivity index (χ3n) is 5.66. The number of nitrogens with one attached hydrogen (secondary N) is 2. The van der Waals surface area contributed by atoms with Gasteiger partial charge in [-0.3, -0.25) is 9.59 Å². The van der Waals surface area contributed by atoms with Crippen molar-refractivity contribution in [2.75, 3.05) is 0 Å². The molecule has 1 fully saturated rings. The Hall–Kier alpha value is -3.68. The van der Waals surface area contributed by atoms with Crippen LogP contribution in [-0.4, -0.2) is 40.9 Å². The quantitative estimate of drug-likeness (QED) is 0.538. The van der Waals surface area contributed by atoms with E-state index in [4.69, 9.17) is 4.74 Å². The van der Waals surface area contributed by atoms with E-state index in [0.717, 1.165) is 11.1 Å². The van der Waals surface area contributed by atoms with E-state index < -0.39 is 36.0 Å². The van der Waals surface area contributed by atoms with Gasteiger partial charge in [0.15, 0.2) is 0 Å². The van der Waals surface area contributed by atoms with Gasteiger partial charge < -0.3 is 20.5 Å². The van der Waals surface area contributed by atoms with Gasteiger partial charge in [0.1, 0.15) is 24.5 Å². The van der Waals surface area contributed by atoms with Crippen molar-refractivity contribution in [3.05, 3.63) is 71.8 Å². The maximum Gasteiger partial charge on any atom is 0.408 e. The van der Waals surface area contributed by atoms with E-state index in [1.807, 2.05) is 60.7 Å². The largest absolute Gasteiger partial charge is 0.480 e. The number of carboxylic acids is 1. The highest BCUT2D eigenvalue weighted by Gasteiger charge is 2.35. The van der Waals surface area contributed by atoms with Crippen molar-refractivity contribution in [2.45, 2.75) is 50.8 Å². The Balaban J connectivity index is 1.68. The van der Waals surface area contributed by atoms with Crippen LogP contribution in [0.1, 0.15) is 36.8 Å². The molecule has 1 aliphatic rings. The second kappa shape index (κ2) is 11.8. The number of hydrogen-bond donors (Lipinski definition) is 3. The summed E-state index contributed by atoms with van der Waals surface area (Å²) in [4.78, 5) is 49.2. The molecule has 174 valence electrons. The Kier molecular flexibility index (Phi) is 8.57. The fourth-order valence-corrected chi connectivity index (χ4v) is 3.94. The summed E-state index contributed by atoms with van der Waals surface area (Å²) in [6.07, 6.45) is 1.06. The molecule has 0 spiro atoms. The molecule has 2 aromatic rings. The maximum atomic E-state index is 13.1. The number of carbonyl (C=O) groups excluding carboxylic acids is 3. The lowest BCUT2D eigenvalue weighted by atomic mass is 9.83. The monoisotopic (exact) mass is 452 g/mol. The number of carbonyl (C=O) groups is 4. The molecule has 3 atom stereocenters. The smallest absolute Gasteiger partial charge is 0.408 e. The van der Waals surface area contributed by atoms with Crippen LogP contribution in [0, 0.1) is 5.92 Å². The number of hydrogen-bond acceptors (Lipinski definition) is 5. The Bertz CT molecular complexity index is 963. The highest BCUT2D eigenvalue weighted by Crippen LogP contribution is 2.24. The van der Waals surface area contributed by atoms with Crippen molar-refractivity contribution in [1.29, 1.82) is 0 Å². The first-order valence-corrected chi connectivity index (χ1v) is 11.0. The summed E-state index contributed by atoms with van der Waals surface area (Å²) in [5, 5.41) is 14.8. The Morgan fingerprint density at radius 2 is 1.61 bits per heavy atom. The van der Waals surface area contributed by atoms with Gasteiger partial charge in [0.2, 0.25) is 5.91 Å². The molecule has 0 aliphatic heterocycles. The first kappa shape index (κ1) is 24.0. The minimum absolute atomic E-state index is 0.00445. The van der Waals surface area contributed by atoms with Gasteiger partial charge in [-0.25, -0.2) is 9.59 Å². The fraction of sp³-hybridized carbons (Fsp3) is 0.360. The van der Waals surface area contributed by atoms with Gasteiger partial charge in [-0.15, -0.1) is 0 Å². The number of benzene rings is 2. The number of ether oxygens (including phenoxy) is 1. The Morgan fingerprint density at radius 1 is 0.970 bits per heavy atom. The van der Waals surface area contributed by atoms with Gasteiger partial charge in [-0.2, -0.15) is 0 Å². The van der Waals surface area contributed by atoms with Crippen LogP contribution in [-0.2, 0) is 32.1 Å². The summed E-state index contributed by atoms with van der Waals surface area (Å²) in [5.74, 6) is -2.32. The van der Waals surface area contributed by atoms with Crippen LogP contribution in [0.2, 0.25) is 0 Å². The number of ketones is 1. The van der Waals surface area contributed by atoms with Crippen molar-refractivity contribution >= 4 is 23.8 Å². The van der Waals surface area contributed by atoms with Crippen LogP contribution < -0.4 is 10.6 Å². The molecule has 1 saturated carbocycles. The Labute approximate surface area is 192 Å². The van der Waals surface area contributed by atoms with E-state index in [1.165, 1.54) is 0 Å². The lowest BCUT2D eigenvalue weighted by Gasteiger charge is -2.29. The lowest BCUT2D eigenvalue weighted by molar-refractivity contribution is -0.144. The number of Topliss-reactive ketones (excluding diaryl/α,β-unsaturated/α-hetero) is 1. The summed E-state index contributed by atoms with van der Waals surface area (Å²) >= 11 is 0. The molecule has 0 aromatic heterocycles. The van der Waals surface area contributed by atoms with E-state index >= 15 is 0 Å². The second-order valence-corrected chi connectivity index (χ2v) is 8.17. The van der Waals surface area contributed by atoms with Gasteiger partial charge in [0.25, 0.3) is 0 Å². The fourth-order valence-electron chi connectivity index (χ4n) is 3.94. The molecule has 1 aliphatic carbocycles. The zero-order chi connectivity index (χ0) is 23.6.